The molecular formula is C17H17NO3. The number of methoxy groups -OCH3 is 1. The van der Waals surface area contributed by atoms with Crippen LogP contribution in [0, 0.1) is 23.7 Å². The molecule has 1 saturated heterocycles. The largest absolute Gasteiger partial charge is 0.497 e. The van der Waals surface area contributed by atoms with E-state index in [0.29, 0.717) is 11.4 Å². The Bertz CT molecular complexity index is 619. The molecule has 0 aromatic heterocycles. The van der Waals surface area contributed by atoms with Crippen LogP contribution in [0.5, 0.6) is 5.75 Å². The zero-order chi connectivity index (χ0) is 14.6. The lowest BCUT2D eigenvalue weighted by Gasteiger charge is -2.38. The molecule has 1 saturated carbocycles. The Morgan fingerprint density at radius 2 is 1.67 bits per heavy atom. The fourth-order valence-electron chi connectivity index (χ4n) is 4.08. The van der Waals surface area contributed by atoms with Crippen molar-refractivity contribution in [1.29, 1.82) is 0 Å². The maximum Gasteiger partial charge on any atom is 0.238 e. The first-order chi connectivity index (χ1) is 10.2. The van der Waals surface area contributed by atoms with E-state index < -0.39 is 0 Å². The quantitative estimate of drug-likeness (QED) is 0.618. The van der Waals surface area contributed by atoms with Gasteiger partial charge < -0.3 is 4.74 Å². The van der Waals surface area contributed by atoms with Crippen LogP contribution >= 0.6 is 0 Å². The predicted octanol–water partition coefficient (Wildman–Crippen LogP) is 2.40. The second-order valence-corrected chi connectivity index (χ2v) is 6.05. The summed E-state index contributed by atoms with van der Waals surface area (Å²) >= 11 is 0. The summed E-state index contributed by atoms with van der Waals surface area (Å²) in [6, 6.07) is 7.17. The number of anilines is 1. The fraction of sp³-hybridized carbons (Fsp3) is 0.412. The summed E-state index contributed by atoms with van der Waals surface area (Å²) in [5.74, 6) is 0.706. The highest BCUT2D eigenvalue weighted by Crippen LogP contribution is 2.50. The summed E-state index contributed by atoms with van der Waals surface area (Å²) in [6.45, 7) is 0. The van der Waals surface area contributed by atoms with Gasteiger partial charge >= 0.3 is 0 Å². The lowest BCUT2D eigenvalue weighted by Crippen LogP contribution is -2.38. The molecule has 4 aliphatic rings. The Balaban J connectivity index is 1.75. The van der Waals surface area contributed by atoms with E-state index in [-0.39, 0.29) is 35.5 Å². The lowest BCUT2D eigenvalue weighted by atomic mass is 9.63. The monoisotopic (exact) mass is 283 g/mol. The molecule has 2 fully saturated rings. The van der Waals surface area contributed by atoms with E-state index in [1.54, 1.807) is 19.2 Å². The Labute approximate surface area is 123 Å². The Hall–Kier alpha value is -2.10. The standard InChI is InChI=1S/C17H17NO3/c1-21-13-4-2-3-12(9-13)18-16(19)14-10-5-6-11(8-7-10)15(14)17(18)20/h2-6,9-11,14-15H,7-8H2,1H3/t10-,11-,14-,15-/m1/s1. The van der Waals surface area contributed by atoms with Gasteiger partial charge in [0, 0.05) is 6.07 Å². The number of carbonyl (C=O) groups excluding carboxylic acids is 2. The summed E-state index contributed by atoms with van der Waals surface area (Å²) in [6.07, 6.45) is 6.31. The van der Waals surface area contributed by atoms with Gasteiger partial charge in [-0.1, -0.05) is 18.2 Å². The number of imide groups is 1. The van der Waals surface area contributed by atoms with Crippen molar-refractivity contribution in [3.63, 3.8) is 0 Å². The van der Waals surface area contributed by atoms with Gasteiger partial charge in [-0.05, 0) is 36.8 Å². The minimum atomic E-state index is -0.160. The number of rotatable bonds is 2. The van der Waals surface area contributed by atoms with E-state index in [4.69, 9.17) is 4.74 Å². The van der Waals surface area contributed by atoms with Gasteiger partial charge in [0.25, 0.3) is 0 Å². The first kappa shape index (κ1) is 12.6. The van der Waals surface area contributed by atoms with Crippen LogP contribution in [0.2, 0.25) is 0 Å². The zero-order valence-electron chi connectivity index (χ0n) is 11.9. The van der Waals surface area contributed by atoms with E-state index in [9.17, 15) is 9.59 Å². The van der Waals surface area contributed by atoms with E-state index >= 15 is 0 Å². The van der Waals surface area contributed by atoms with Crippen molar-refractivity contribution in [3.05, 3.63) is 36.4 Å². The van der Waals surface area contributed by atoms with Crippen molar-refractivity contribution in [2.45, 2.75) is 12.8 Å². The molecule has 4 atom stereocenters. The molecule has 1 aliphatic heterocycles. The van der Waals surface area contributed by atoms with Crippen LogP contribution in [0.3, 0.4) is 0 Å². The Morgan fingerprint density at radius 3 is 2.19 bits per heavy atom. The molecule has 1 aromatic carbocycles. The van der Waals surface area contributed by atoms with Gasteiger partial charge in [-0.2, -0.15) is 0 Å². The predicted molar refractivity (Wildman–Crippen MR) is 77.8 cm³/mol. The zero-order valence-corrected chi connectivity index (χ0v) is 11.9. The molecular weight excluding hydrogens is 266 g/mol. The Morgan fingerprint density at radius 1 is 1.05 bits per heavy atom. The van der Waals surface area contributed by atoms with Crippen molar-refractivity contribution in [1.82, 2.24) is 0 Å². The molecule has 0 spiro atoms. The van der Waals surface area contributed by atoms with Crippen LogP contribution < -0.4 is 9.64 Å². The second-order valence-electron chi connectivity index (χ2n) is 6.05. The minimum Gasteiger partial charge on any atom is -0.497 e. The van der Waals surface area contributed by atoms with Crippen molar-refractivity contribution < 1.29 is 14.3 Å². The van der Waals surface area contributed by atoms with Crippen LogP contribution in [0.1, 0.15) is 12.8 Å². The molecule has 3 aliphatic carbocycles. The number of nitrogens with zero attached hydrogens (tertiary/aromatic N) is 1. The third kappa shape index (κ3) is 1.68. The maximum atomic E-state index is 12.8. The third-order valence-electron chi connectivity index (χ3n) is 5.07. The average Bonchev–Trinajstić information content (AvgIpc) is 2.82. The summed E-state index contributed by atoms with van der Waals surface area (Å²) in [5.41, 5.74) is 0.623. The number of amides is 2. The third-order valence-corrected chi connectivity index (χ3v) is 5.07. The van der Waals surface area contributed by atoms with E-state index in [2.05, 4.69) is 12.2 Å². The number of carbonyl (C=O) groups is 2. The number of allylic oxidation sites excluding steroid dienone is 2. The lowest BCUT2D eigenvalue weighted by molar-refractivity contribution is -0.124. The van der Waals surface area contributed by atoms with Gasteiger partial charge in [0.2, 0.25) is 11.8 Å². The molecule has 4 nitrogen and oxygen atoms in total. The number of hydrogen-bond donors (Lipinski definition) is 0. The van der Waals surface area contributed by atoms with Gasteiger partial charge in [-0.3, -0.25) is 9.59 Å². The molecule has 108 valence electrons. The van der Waals surface area contributed by atoms with Crippen LogP contribution in [0.15, 0.2) is 36.4 Å². The molecule has 0 unspecified atom stereocenters. The SMILES string of the molecule is COc1cccc(N2C(=O)[C@H]3[C@H](C2=O)[C@@H]2C=C[C@@H]3CC2)c1. The number of ether oxygens (including phenoxy) is 1. The van der Waals surface area contributed by atoms with E-state index in [0.717, 1.165) is 12.8 Å². The fourth-order valence-corrected chi connectivity index (χ4v) is 4.08. The second kappa shape index (κ2) is 4.45. The summed E-state index contributed by atoms with van der Waals surface area (Å²) in [5, 5.41) is 0. The normalized spacial score (nSPS) is 33.5. The Kier molecular flexibility index (Phi) is 2.67. The highest BCUT2D eigenvalue weighted by atomic mass is 16.5. The molecule has 0 radical (unpaired) electrons. The van der Waals surface area contributed by atoms with Crippen molar-refractivity contribution in [2.24, 2.45) is 23.7 Å². The number of fused-ring (bicyclic) bond motifs is 1. The van der Waals surface area contributed by atoms with Crippen LogP contribution in [0.4, 0.5) is 5.69 Å². The van der Waals surface area contributed by atoms with Crippen LogP contribution in [0.25, 0.3) is 0 Å². The van der Waals surface area contributed by atoms with Crippen molar-refractivity contribution in [3.8, 4) is 5.75 Å². The van der Waals surface area contributed by atoms with Gasteiger partial charge in [-0.15, -0.1) is 0 Å². The molecule has 5 rings (SSSR count). The van der Waals surface area contributed by atoms with Gasteiger partial charge in [-0.25, -0.2) is 4.90 Å². The van der Waals surface area contributed by atoms with Crippen molar-refractivity contribution in [2.75, 3.05) is 12.0 Å². The maximum absolute atomic E-state index is 12.8. The summed E-state index contributed by atoms with van der Waals surface area (Å²) < 4.78 is 5.20. The van der Waals surface area contributed by atoms with E-state index in [1.165, 1.54) is 4.90 Å². The van der Waals surface area contributed by atoms with Crippen LogP contribution in [-0.2, 0) is 9.59 Å². The topological polar surface area (TPSA) is 46.6 Å². The molecule has 2 amide bonds. The smallest absolute Gasteiger partial charge is 0.238 e. The first-order valence-electron chi connectivity index (χ1n) is 7.41. The van der Waals surface area contributed by atoms with E-state index in [1.807, 2.05) is 12.1 Å². The average molecular weight is 283 g/mol. The summed E-state index contributed by atoms with van der Waals surface area (Å²) in [7, 11) is 1.58. The molecule has 4 heteroatoms. The highest BCUT2D eigenvalue weighted by molar-refractivity contribution is 6.22. The van der Waals surface area contributed by atoms with Crippen LogP contribution in [-0.4, -0.2) is 18.9 Å². The van der Waals surface area contributed by atoms with Gasteiger partial charge in [0.1, 0.15) is 5.75 Å². The molecule has 1 heterocycles. The minimum absolute atomic E-state index is 0.0442. The molecule has 0 N–H and O–H groups in total. The number of hydrogen-bond acceptors (Lipinski definition) is 3. The molecule has 1 aromatic rings. The molecule has 2 bridgehead atoms. The first-order valence-corrected chi connectivity index (χ1v) is 7.41. The number of benzene rings is 1. The van der Waals surface area contributed by atoms with Gasteiger partial charge in [0.15, 0.2) is 0 Å². The summed E-state index contributed by atoms with van der Waals surface area (Å²) in [4.78, 5) is 26.9. The highest BCUT2D eigenvalue weighted by Gasteiger charge is 2.56. The molecule has 21 heavy (non-hydrogen) atoms. The van der Waals surface area contributed by atoms with Crippen molar-refractivity contribution >= 4 is 17.5 Å². The van der Waals surface area contributed by atoms with Gasteiger partial charge in [0.05, 0.1) is 24.6 Å².